The van der Waals surface area contributed by atoms with Gasteiger partial charge in [0, 0.05) is 46.6 Å². The van der Waals surface area contributed by atoms with E-state index in [1.165, 1.54) is 5.41 Å². The van der Waals surface area contributed by atoms with Gasteiger partial charge in [-0.1, -0.05) is 0 Å². The van der Waals surface area contributed by atoms with Crippen molar-refractivity contribution in [2.75, 3.05) is 5.32 Å². The lowest BCUT2D eigenvalue weighted by Gasteiger charge is -2.12. The highest BCUT2D eigenvalue weighted by Crippen LogP contribution is 2.41. The molecule has 158 valence electrons. The Hall–Kier alpha value is -3.56. The standard InChI is InChI=1S/C23H17N5O2S2/c1-13-7-21(28(2)27-13)17-11-32(29,30)23-10-16-18(5-6-24-19(16)9-15(17)23)26-14-3-4-22-20(8-14)25-12-31-22/h3-12H,1-2H3,(H,24,26). The van der Waals surface area contributed by atoms with E-state index in [2.05, 4.69) is 20.4 Å². The Balaban J connectivity index is 1.50. The van der Waals surface area contributed by atoms with E-state index >= 15 is 0 Å². The van der Waals surface area contributed by atoms with E-state index in [-0.39, 0.29) is 4.90 Å². The fourth-order valence-electron chi connectivity index (χ4n) is 4.16. The quantitative estimate of drug-likeness (QED) is 0.417. The van der Waals surface area contributed by atoms with Crippen LogP contribution < -0.4 is 5.32 Å². The van der Waals surface area contributed by atoms with Crippen molar-refractivity contribution >= 4 is 59.2 Å². The van der Waals surface area contributed by atoms with Crippen molar-refractivity contribution in [3.05, 3.63) is 76.5 Å². The lowest BCUT2D eigenvalue weighted by molar-refractivity contribution is 0.605. The van der Waals surface area contributed by atoms with Crippen LogP contribution in [-0.2, 0) is 16.9 Å². The number of nitrogens with one attached hydrogen (secondary N) is 1. The first-order chi connectivity index (χ1) is 15.4. The number of rotatable bonds is 3. The zero-order valence-electron chi connectivity index (χ0n) is 17.2. The van der Waals surface area contributed by atoms with Gasteiger partial charge in [-0.05, 0) is 49.4 Å². The van der Waals surface area contributed by atoms with E-state index in [1.807, 2.05) is 55.9 Å². The summed E-state index contributed by atoms with van der Waals surface area (Å²) in [6.07, 6.45) is 1.72. The van der Waals surface area contributed by atoms with Gasteiger partial charge in [-0.15, -0.1) is 11.3 Å². The van der Waals surface area contributed by atoms with Crippen LogP contribution in [0.1, 0.15) is 17.0 Å². The number of anilines is 2. The molecule has 9 heteroatoms. The highest BCUT2D eigenvalue weighted by molar-refractivity contribution is 7.95. The summed E-state index contributed by atoms with van der Waals surface area (Å²) < 4.78 is 28.9. The van der Waals surface area contributed by atoms with Crippen LogP contribution in [-0.4, -0.2) is 28.2 Å². The molecule has 0 aliphatic carbocycles. The van der Waals surface area contributed by atoms with Crippen LogP contribution in [0, 0.1) is 6.92 Å². The SMILES string of the molecule is Cc1cc(C2=CS(=O)(=O)c3cc4c(Nc5ccc6scnc6c5)ccnc4cc32)n(C)n1. The monoisotopic (exact) mass is 459 g/mol. The number of hydrogen-bond acceptors (Lipinski definition) is 7. The minimum Gasteiger partial charge on any atom is -0.355 e. The van der Waals surface area contributed by atoms with Crippen molar-refractivity contribution in [3.63, 3.8) is 0 Å². The summed E-state index contributed by atoms with van der Waals surface area (Å²) in [6, 6.07) is 13.3. The molecule has 0 saturated heterocycles. The van der Waals surface area contributed by atoms with Gasteiger partial charge in [0.15, 0.2) is 0 Å². The van der Waals surface area contributed by atoms with Gasteiger partial charge in [0.25, 0.3) is 0 Å². The predicted molar refractivity (Wildman–Crippen MR) is 127 cm³/mol. The fraction of sp³-hybridized carbons (Fsp3) is 0.0870. The second-order valence-electron chi connectivity index (χ2n) is 7.75. The van der Waals surface area contributed by atoms with E-state index in [0.717, 1.165) is 38.4 Å². The van der Waals surface area contributed by atoms with E-state index in [0.29, 0.717) is 16.7 Å². The van der Waals surface area contributed by atoms with E-state index in [4.69, 9.17) is 0 Å². The number of fused-ring (bicyclic) bond motifs is 3. The fourth-order valence-corrected chi connectivity index (χ4v) is 6.26. The molecular weight excluding hydrogens is 442 g/mol. The third-order valence-electron chi connectivity index (χ3n) is 5.60. The van der Waals surface area contributed by atoms with Crippen LogP contribution in [0.4, 0.5) is 11.4 Å². The average molecular weight is 460 g/mol. The number of aromatic nitrogens is 4. The summed E-state index contributed by atoms with van der Waals surface area (Å²) in [5, 5.41) is 9.84. The van der Waals surface area contributed by atoms with Crippen LogP contribution in [0.2, 0.25) is 0 Å². The highest BCUT2D eigenvalue weighted by Gasteiger charge is 2.30. The summed E-state index contributed by atoms with van der Waals surface area (Å²) >= 11 is 1.59. The second-order valence-corrected chi connectivity index (χ2v) is 10.4. The van der Waals surface area contributed by atoms with Crippen LogP contribution in [0.15, 0.2) is 64.5 Å². The van der Waals surface area contributed by atoms with Gasteiger partial charge in [0.2, 0.25) is 9.84 Å². The molecule has 0 saturated carbocycles. The van der Waals surface area contributed by atoms with Crippen molar-refractivity contribution < 1.29 is 8.42 Å². The molecule has 0 radical (unpaired) electrons. The number of benzene rings is 2. The van der Waals surface area contributed by atoms with E-state index < -0.39 is 9.84 Å². The Morgan fingerprint density at radius 2 is 1.91 bits per heavy atom. The Bertz CT molecular complexity index is 1700. The normalized spacial score (nSPS) is 14.6. The summed E-state index contributed by atoms with van der Waals surface area (Å²) in [5.74, 6) is 0. The van der Waals surface area contributed by atoms with Crippen molar-refractivity contribution in [2.45, 2.75) is 11.8 Å². The van der Waals surface area contributed by atoms with Gasteiger partial charge >= 0.3 is 0 Å². The Labute approximate surface area is 188 Å². The minimum absolute atomic E-state index is 0.282. The molecule has 3 aromatic heterocycles. The number of hydrogen-bond donors (Lipinski definition) is 1. The van der Waals surface area contributed by atoms with Crippen molar-refractivity contribution in [1.29, 1.82) is 0 Å². The van der Waals surface area contributed by atoms with Gasteiger partial charge in [-0.2, -0.15) is 5.10 Å². The first kappa shape index (κ1) is 19.1. The molecule has 0 bridgehead atoms. The molecular formula is C23H17N5O2S2. The van der Waals surface area contributed by atoms with Gasteiger partial charge in [0.1, 0.15) is 0 Å². The molecule has 1 N–H and O–H groups in total. The molecule has 1 aliphatic rings. The molecule has 5 aromatic rings. The van der Waals surface area contributed by atoms with Gasteiger partial charge in [0.05, 0.1) is 37.5 Å². The predicted octanol–water partition coefficient (Wildman–Crippen LogP) is 4.81. The van der Waals surface area contributed by atoms with Crippen molar-refractivity contribution in [2.24, 2.45) is 7.05 Å². The lowest BCUT2D eigenvalue weighted by Crippen LogP contribution is -1.99. The smallest absolute Gasteiger partial charge is 0.201 e. The maximum atomic E-state index is 13.0. The third kappa shape index (κ3) is 2.93. The summed E-state index contributed by atoms with van der Waals surface area (Å²) in [5.41, 5.74) is 7.99. The van der Waals surface area contributed by atoms with Crippen LogP contribution in [0.25, 0.3) is 26.7 Å². The first-order valence-electron chi connectivity index (χ1n) is 9.90. The van der Waals surface area contributed by atoms with Gasteiger partial charge in [-0.3, -0.25) is 9.67 Å². The van der Waals surface area contributed by atoms with Crippen LogP contribution in [0.3, 0.4) is 0 Å². The van der Waals surface area contributed by atoms with Crippen molar-refractivity contribution in [3.8, 4) is 0 Å². The second kappa shape index (κ2) is 6.72. The lowest BCUT2D eigenvalue weighted by atomic mass is 10.0. The molecule has 0 atom stereocenters. The topological polar surface area (TPSA) is 89.8 Å². The summed E-state index contributed by atoms with van der Waals surface area (Å²) in [7, 11) is -1.77. The Morgan fingerprint density at radius 3 is 2.72 bits per heavy atom. The summed E-state index contributed by atoms with van der Waals surface area (Å²) in [4.78, 5) is 9.16. The Kier molecular flexibility index (Phi) is 4.02. The molecule has 0 fully saturated rings. The molecule has 0 spiro atoms. The molecule has 0 unspecified atom stereocenters. The van der Waals surface area contributed by atoms with Gasteiger partial charge < -0.3 is 5.32 Å². The zero-order valence-corrected chi connectivity index (χ0v) is 18.8. The number of pyridine rings is 1. The maximum Gasteiger partial charge on any atom is 0.201 e. The number of sulfone groups is 1. The van der Waals surface area contributed by atoms with Gasteiger partial charge in [-0.25, -0.2) is 13.4 Å². The van der Waals surface area contributed by atoms with Crippen LogP contribution >= 0.6 is 11.3 Å². The number of nitrogens with zero attached hydrogens (tertiary/aromatic N) is 4. The number of thiazole rings is 1. The molecule has 0 amide bonds. The molecule has 1 aliphatic heterocycles. The summed E-state index contributed by atoms with van der Waals surface area (Å²) in [6.45, 7) is 1.89. The Morgan fingerprint density at radius 1 is 1.03 bits per heavy atom. The highest BCUT2D eigenvalue weighted by atomic mass is 32.2. The first-order valence-corrected chi connectivity index (χ1v) is 12.3. The third-order valence-corrected chi connectivity index (χ3v) is 7.91. The molecule has 7 nitrogen and oxygen atoms in total. The molecule has 6 rings (SSSR count). The maximum absolute atomic E-state index is 13.0. The largest absolute Gasteiger partial charge is 0.355 e. The minimum atomic E-state index is -3.58. The van der Waals surface area contributed by atoms with Crippen molar-refractivity contribution in [1.82, 2.24) is 19.7 Å². The zero-order chi connectivity index (χ0) is 22.0. The molecule has 4 heterocycles. The van der Waals surface area contributed by atoms with E-state index in [1.54, 1.807) is 28.3 Å². The number of aryl methyl sites for hydroxylation is 2. The van der Waals surface area contributed by atoms with E-state index in [9.17, 15) is 8.42 Å². The molecule has 2 aromatic carbocycles. The van der Waals surface area contributed by atoms with Crippen LogP contribution in [0.5, 0.6) is 0 Å². The molecule has 32 heavy (non-hydrogen) atoms. The average Bonchev–Trinajstić information content (AvgIpc) is 3.42.